The third-order valence-electron chi connectivity index (χ3n) is 5.31. The molecule has 0 aliphatic heterocycles. The van der Waals surface area contributed by atoms with Crippen molar-refractivity contribution < 1.29 is 9.90 Å². The SMILES string of the molecule is CC(CNC(=O)NCC1(C)CCCCC1O)N(C)C1CC1. The van der Waals surface area contributed by atoms with Crippen LogP contribution in [0.15, 0.2) is 0 Å². The van der Waals surface area contributed by atoms with Crippen molar-refractivity contribution in [3.05, 3.63) is 0 Å². The summed E-state index contributed by atoms with van der Waals surface area (Å²) < 4.78 is 0. The normalized spacial score (nSPS) is 31.0. The Morgan fingerprint density at radius 2 is 2.05 bits per heavy atom. The second-order valence-corrected chi connectivity index (χ2v) is 7.22. The summed E-state index contributed by atoms with van der Waals surface area (Å²) in [5.74, 6) is 0. The lowest BCUT2D eigenvalue weighted by molar-refractivity contribution is 0.00307. The fourth-order valence-corrected chi connectivity index (χ4v) is 3.16. The highest BCUT2D eigenvalue weighted by Gasteiger charge is 2.35. The molecule has 3 atom stereocenters. The van der Waals surface area contributed by atoms with E-state index in [2.05, 4.69) is 36.4 Å². The average molecular weight is 297 g/mol. The Morgan fingerprint density at radius 3 is 2.67 bits per heavy atom. The summed E-state index contributed by atoms with van der Waals surface area (Å²) in [7, 11) is 2.13. The van der Waals surface area contributed by atoms with E-state index >= 15 is 0 Å². The number of aliphatic hydroxyl groups is 1. The molecule has 2 aliphatic rings. The molecule has 0 spiro atoms. The number of hydrogen-bond donors (Lipinski definition) is 3. The number of urea groups is 1. The lowest BCUT2D eigenvalue weighted by Gasteiger charge is -2.38. The van der Waals surface area contributed by atoms with Crippen molar-refractivity contribution in [2.75, 3.05) is 20.1 Å². The second kappa shape index (κ2) is 6.97. The minimum atomic E-state index is -0.300. The summed E-state index contributed by atoms with van der Waals surface area (Å²) in [5.41, 5.74) is -0.175. The Kier molecular flexibility index (Phi) is 5.49. The maximum Gasteiger partial charge on any atom is 0.314 e. The van der Waals surface area contributed by atoms with E-state index in [1.807, 2.05) is 0 Å². The van der Waals surface area contributed by atoms with Crippen LogP contribution in [0.3, 0.4) is 0 Å². The van der Waals surface area contributed by atoms with E-state index in [-0.39, 0.29) is 17.6 Å². The lowest BCUT2D eigenvalue weighted by atomic mass is 9.73. The van der Waals surface area contributed by atoms with Crippen molar-refractivity contribution in [2.45, 2.75) is 70.6 Å². The highest BCUT2D eigenvalue weighted by molar-refractivity contribution is 5.73. The van der Waals surface area contributed by atoms with E-state index in [9.17, 15) is 9.90 Å². The summed E-state index contributed by atoms with van der Waals surface area (Å²) in [6, 6.07) is 0.949. The van der Waals surface area contributed by atoms with Gasteiger partial charge in [0.15, 0.2) is 0 Å². The summed E-state index contributed by atoms with van der Waals surface area (Å²) >= 11 is 0. The quantitative estimate of drug-likeness (QED) is 0.699. The highest BCUT2D eigenvalue weighted by Crippen LogP contribution is 2.35. The number of likely N-dealkylation sites (N-methyl/N-ethyl adjacent to an activating group) is 1. The molecule has 0 heterocycles. The molecule has 21 heavy (non-hydrogen) atoms. The van der Waals surface area contributed by atoms with Gasteiger partial charge in [0.25, 0.3) is 0 Å². The molecular formula is C16H31N3O2. The molecule has 2 rings (SSSR count). The van der Waals surface area contributed by atoms with Crippen LogP contribution in [-0.4, -0.2) is 54.4 Å². The van der Waals surface area contributed by atoms with Gasteiger partial charge in [0.1, 0.15) is 0 Å². The molecule has 0 radical (unpaired) electrons. The van der Waals surface area contributed by atoms with Crippen molar-refractivity contribution >= 4 is 6.03 Å². The maximum atomic E-state index is 11.9. The Hall–Kier alpha value is -0.810. The maximum absolute atomic E-state index is 11.9. The number of hydrogen-bond acceptors (Lipinski definition) is 3. The molecule has 3 N–H and O–H groups in total. The van der Waals surface area contributed by atoms with Crippen LogP contribution < -0.4 is 10.6 Å². The third kappa shape index (κ3) is 4.58. The second-order valence-electron chi connectivity index (χ2n) is 7.22. The Labute approximate surface area is 128 Å². The predicted molar refractivity (Wildman–Crippen MR) is 84.2 cm³/mol. The Balaban J connectivity index is 1.67. The van der Waals surface area contributed by atoms with Crippen molar-refractivity contribution in [2.24, 2.45) is 5.41 Å². The van der Waals surface area contributed by atoms with Gasteiger partial charge in [0.05, 0.1) is 6.10 Å². The average Bonchev–Trinajstić information content (AvgIpc) is 3.30. The summed E-state index contributed by atoms with van der Waals surface area (Å²) in [6.45, 7) is 5.43. The number of aliphatic hydroxyl groups excluding tert-OH is 1. The molecule has 0 aromatic carbocycles. The van der Waals surface area contributed by atoms with Crippen molar-refractivity contribution in [3.63, 3.8) is 0 Å². The zero-order chi connectivity index (χ0) is 15.5. The molecule has 0 aromatic heterocycles. The number of amides is 2. The largest absolute Gasteiger partial charge is 0.392 e. The van der Waals surface area contributed by atoms with Gasteiger partial charge >= 0.3 is 6.03 Å². The van der Waals surface area contributed by atoms with Crippen LogP contribution in [0.5, 0.6) is 0 Å². The summed E-state index contributed by atoms with van der Waals surface area (Å²) in [6.07, 6.45) is 6.32. The van der Waals surface area contributed by atoms with Crippen LogP contribution in [0, 0.1) is 5.41 Å². The van der Waals surface area contributed by atoms with Crippen LogP contribution >= 0.6 is 0 Å². The number of carbonyl (C=O) groups excluding carboxylic acids is 1. The molecule has 5 nitrogen and oxygen atoms in total. The van der Waals surface area contributed by atoms with E-state index in [4.69, 9.17) is 0 Å². The van der Waals surface area contributed by atoms with Crippen LogP contribution in [-0.2, 0) is 0 Å². The van der Waals surface area contributed by atoms with E-state index < -0.39 is 0 Å². The molecule has 0 aromatic rings. The van der Waals surface area contributed by atoms with Crippen molar-refractivity contribution in [1.82, 2.24) is 15.5 Å². The molecular weight excluding hydrogens is 266 g/mol. The smallest absolute Gasteiger partial charge is 0.314 e. The molecule has 5 heteroatoms. The van der Waals surface area contributed by atoms with Gasteiger partial charge in [-0.25, -0.2) is 4.79 Å². The van der Waals surface area contributed by atoms with Gasteiger partial charge in [-0.05, 0) is 39.7 Å². The van der Waals surface area contributed by atoms with E-state index in [0.29, 0.717) is 25.2 Å². The molecule has 2 saturated carbocycles. The number of nitrogens with zero attached hydrogens (tertiary/aromatic N) is 1. The first-order valence-corrected chi connectivity index (χ1v) is 8.34. The van der Waals surface area contributed by atoms with Gasteiger partial charge in [0, 0.05) is 30.6 Å². The van der Waals surface area contributed by atoms with Crippen LogP contribution in [0.4, 0.5) is 4.79 Å². The summed E-state index contributed by atoms with van der Waals surface area (Å²) in [4.78, 5) is 14.3. The molecule has 2 amide bonds. The van der Waals surface area contributed by atoms with Gasteiger partial charge in [-0.2, -0.15) is 0 Å². The van der Waals surface area contributed by atoms with Crippen LogP contribution in [0.2, 0.25) is 0 Å². The lowest BCUT2D eigenvalue weighted by Crippen LogP contribution is -2.49. The molecule has 0 saturated heterocycles. The minimum absolute atomic E-state index is 0.120. The fourth-order valence-electron chi connectivity index (χ4n) is 3.16. The van der Waals surface area contributed by atoms with E-state index in [1.165, 1.54) is 12.8 Å². The van der Waals surface area contributed by atoms with E-state index in [1.54, 1.807) is 0 Å². The predicted octanol–water partition coefficient (Wildman–Crippen LogP) is 1.71. The molecule has 3 unspecified atom stereocenters. The van der Waals surface area contributed by atoms with E-state index in [0.717, 1.165) is 25.7 Å². The van der Waals surface area contributed by atoms with Gasteiger partial charge in [0.2, 0.25) is 0 Å². The first-order chi connectivity index (χ1) is 9.92. The molecule has 0 bridgehead atoms. The van der Waals surface area contributed by atoms with Crippen LogP contribution in [0.1, 0.15) is 52.4 Å². The zero-order valence-corrected chi connectivity index (χ0v) is 13.7. The monoisotopic (exact) mass is 297 g/mol. The molecule has 2 fully saturated rings. The Bertz CT molecular complexity index is 359. The van der Waals surface area contributed by atoms with Crippen LogP contribution in [0.25, 0.3) is 0 Å². The first-order valence-electron chi connectivity index (χ1n) is 8.34. The van der Waals surface area contributed by atoms with Crippen molar-refractivity contribution in [3.8, 4) is 0 Å². The van der Waals surface area contributed by atoms with Gasteiger partial charge in [-0.3, -0.25) is 4.90 Å². The minimum Gasteiger partial charge on any atom is -0.392 e. The summed E-state index contributed by atoms with van der Waals surface area (Å²) in [5, 5.41) is 16.0. The number of rotatable bonds is 6. The number of carbonyl (C=O) groups is 1. The number of nitrogens with one attached hydrogen (secondary N) is 2. The third-order valence-corrected chi connectivity index (χ3v) is 5.31. The van der Waals surface area contributed by atoms with Gasteiger partial charge < -0.3 is 15.7 Å². The molecule has 2 aliphatic carbocycles. The standard InChI is InChI=1S/C16H31N3O2/c1-12(19(3)13-7-8-13)10-17-15(21)18-11-16(2)9-5-4-6-14(16)20/h12-14,20H,4-11H2,1-3H3,(H2,17,18,21). The fraction of sp³-hybridized carbons (Fsp3) is 0.938. The van der Waals surface area contributed by atoms with Crippen molar-refractivity contribution in [1.29, 1.82) is 0 Å². The Morgan fingerprint density at radius 1 is 1.33 bits per heavy atom. The van der Waals surface area contributed by atoms with Gasteiger partial charge in [-0.1, -0.05) is 19.8 Å². The highest BCUT2D eigenvalue weighted by atomic mass is 16.3. The van der Waals surface area contributed by atoms with Gasteiger partial charge in [-0.15, -0.1) is 0 Å². The topological polar surface area (TPSA) is 64.6 Å². The first kappa shape index (κ1) is 16.6. The zero-order valence-electron chi connectivity index (χ0n) is 13.7. The molecule has 122 valence electrons.